The van der Waals surface area contributed by atoms with Crippen LogP contribution in [0.5, 0.6) is 0 Å². The lowest BCUT2D eigenvalue weighted by molar-refractivity contribution is 0.0713. The summed E-state index contributed by atoms with van der Waals surface area (Å²) < 4.78 is 7.28. The standard InChI is InChI=1S/C15H24N6O/c1-5-13-12(8-20(4)17-13)9-21-7-6-19(3)14(10-21)15-16-11(2)18-22-15/h8,14H,5-7,9-10H2,1-4H3/t14-/m1/s1. The van der Waals surface area contributed by atoms with Crippen molar-refractivity contribution in [1.29, 1.82) is 0 Å². The van der Waals surface area contributed by atoms with Crippen LogP contribution < -0.4 is 0 Å². The molecule has 0 aliphatic carbocycles. The molecule has 120 valence electrons. The molecule has 0 radical (unpaired) electrons. The molecule has 1 aliphatic heterocycles. The van der Waals surface area contributed by atoms with Crippen molar-refractivity contribution >= 4 is 0 Å². The van der Waals surface area contributed by atoms with Crippen LogP contribution in [0.15, 0.2) is 10.7 Å². The molecule has 0 saturated carbocycles. The zero-order valence-electron chi connectivity index (χ0n) is 13.8. The maximum atomic E-state index is 5.38. The predicted octanol–water partition coefficient (Wildman–Crippen LogP) is 1.16. The first-order valence-electron chi connectivity index (χ1n) is 7.81. The van der Waals surface area contributed by atoms with Gasteiger partial charge in [0.25, 0.3) is 0 Å². The van der Waals surface area contributed by atoms with E-state index in [1.165, 1.54) is 11.3 Å². The van der Waals surface area contributed by atoms with Crippen LogP contribution in [0.2, 0.25) is 0 Å². The Balaban J connectivity index is 1.72. The van der Waals surface area contributed by atoms with E-state index in [1.54, 1.807) is 0 Å². The van der Waals surface area contributed by atoms with E-state index >= 15 is 0 Å². The third-order valence-corrected chi connectivity index (χ3v) is 4.28. The van der Waals surface area contributed by atoms with Crippen LogP contribution in [0, 0.1) is 6.92 Å². The van der Waals surface area contributed by atoms with Crippen molar-refractivity contribution in [3.05, 3.63) is 29.2 Å². The van der Waals surface area contributed by atoms with Crippen LogP contribution in [0.1, 0.15) is 35.9 Å². The van der Waals surface area contributed by atoms with Gasteiger partial charge in [0.15, 0.2) is 5.82 Å². The van der Waals surface area contributed by atoms with Crippen molar-refractivity contribution in [1.82, 2.24) is 29.7 Å². The molecule has 0 N–H and O–H groups in total. The van der Waals surface area contributed by atoms with Gasteiger partial charge in [-0.1, -0.05) is 12.1 Å². The van der Waals surface area contributed by atoms with Gasteiger partial charge < -0.3 is 4.52 Å². The Labute approximate surface area is 130 Å². The quantitative estimate of drug-likeness (QED) is 0.845. The summed E-state index contributed by atoms with van der Waals surface area (Å²) >= 11 is 0. The summed E-state index contributed by atoms with van der Waals surface area (Å²) in [5.74, 6) is 1.41. The van der Waals surface area contributed by atoms with E-state index in [1.807, 2.05) is 18.7 Å². The highest BCUT2D eigenvalue weighted by atomic mass is 16.5. The van der Waals surface area contributed by atoms with Crippen LogP contribution in [0.3, 0.4) is 0 Å². The van der Waals surface area contributed by atoms with Gasteiger partial charge in [-0.15, -0.1) is 0 Å². The van der Waals surface area contributed by atoms with Crippen molar-refractivity contribution in [2.45, 2.75) is 32.9 Å². The average molecular weight is 304 g/mol. The number of likely N-dealkylation sites (N-methyl/N-ethyl adjacent to an activating group) is 1. The Morgan fingerprint density at radius 3 is 2.82 bits per heavy atom. The summed E-state index contributed by atoms with van der Waals surface area (Å²) in [4.78, 5) is 9.13. The molecule has 2 aromatic rings. The molecule has 7 nitrogen and oxygen atoms in total. The lowest BCUT2D eigenvalue weighted by Crippen LogP contribution is -2.46. The molecule has 7 heteroatoms. The van der Waals surface area contributed by atoms with Crippen LogP contribution in [0.4, 0.5) is 0 Å². The van der Waals surface area contributed by atoms with Gasteiger partial charge in [-0.25, -0.2) is 0 Å². The Morgan fingerprint density at radius 1 is 1.32 bits per heavy atom. The molecule has 1 aliphatic rings. The Hall–Kier alpha value is -1.73. The Kier molecular flexibility index (Phi) is 4.26. The molecule has 22 heavy (non-hydrogen) atoms. The largest absolute Gasteiger partial charge is 0.338 e. The molecule has 0 bridgehead atoms. The highest BCUT2D eigenvalue weighted by Crippen LogP contribution is 2.24. The van der Waals surface area contributed by atoms with E-state index in [2.05, 4.69) is 45.2 Å². The summed E-state index contributed by atoms with van der Waals surface area (Å²) in [7, 11) is 4.10. The van der Waals surface area contributed by atoms with Crippen molar-refractivity contribution in [3.8, 4) is 0 Å². The van der Waals surface area contributed by atoms with E-state index in [-0.39, 0.29) is 6.04 Å². The third-order valence-electron chi connectivity index (χ3n) is 4.28. The number of hydrogen-bond acceptors (Lipinski definition) is 6. The van der Waals surface area contributed by atoms with E-state index in [0.29, 0.717) is 11.7 Å². The van der Waals surface area contributed by atoms with Crippen molar-refractivity contribution in [3.63, 3.8) is 0 Å². The van der Waals surface area contributed by atoms with Crippen LogP contribution in [0.25, 0.3) is 0 Å². The van der Waals surface area contributed by atoms with E-state index in [9.17, 15) is 0 Å². The van der Waals surface area contributed by atoms with Gasteiger partial charge in [-0.3, -0.25) is 14.5 Å². The van der Waals surface area contributed by atoms with Gasteiger partial charge in [0.2, 0.25) is 5.89 Å². The molecule has 0 spiro atoms. The van der Waals surface area contributed by atoms with E-state index < -0.39 is 0 Å². The van der Waals surface area contributed by atoms with Crippen LogP contribution >= 0.6 is 0 Å². The van der Waals surface area contributed by atoms with Gasteiger partial charge in [0.05, 0.1) is 5.69 Å². The average Bonchev–Trinajstić information content (AvgIpc) is 3.07. The second kappa shape index (κ2) is 6.18. The smallest absolute Gasteiger partial charge is 0.245 e. The van der Waals surface area contributed by atoms with Crippen molar-refractivity contribution in [2.24, 2.45) is 7.05 Å². The first-order valence-corrected chi connectivity index (χ1v) is 7.81. The summed E-state index contributed by atoms with van der Waals surface area (Å²) in [6.07, 6.45) is 3.10. The first-order chi connectivity index (χ1) is 10.6. The lowest BCUT2D eigenvalue weighted by atomic mass is 10.1. The van der Waals surface area contributed by atoms with Gasteiger partial charge in [0, 0.05) is 45.0 Å². The Bertz CT molecular complexity index is 634. The van der Waals surface area contributed by atoms with Gasteiger partial charge >= 0.3 is 0 Å². The second-order valence-electron chi connectivity index (χ2n) is 6.04. The fourth-order valence-electron chi connectivity index (χ4n) is 3.04. The zero-order chi connectivity index (χ0) is 15.7. The fraction of sp³-hybridized carbons (Fsp3) is 0.667. The maximum Gasteiger partial charge on any atom is 0.245 e. The van der Waals surface area contributed by atoms with Gasteiger partial charge in [-0.2, -0.15) is 10.1 Å². The maximum absolute atomic E-state index is 5.38. The van der Waals surface area contributed by atoms with E-state index in [0.717, 1.165) is 32.6 Å². The molecule has 2 aromatic heterocycles. The van der Waals surface area contributed by atoms with Crippen LogP contribution in [-0.4, -0.2) is 56.4 Å². The second-order valence-corrected chi connectivity index (χ2v) is 6.04. The third kappa shape index (κ3) is 3.05. The summed E-state index contributed by atoms with van der Waals surface area (Å²) in [6, 6.07) is 0.164. The number of hydrogen-bond donors (Lipinski definition) is 0. The SMILES string of the molecule is CCc1nn(C)cc1CN1CCN(C)[C@@H](c2nc(C)no2)C1. The molecular formula is C15H24N6O. The minimum Gasteiger partial charge on any atom is -0.338 e. The van der Waals surface area contributed by atoms with E-state index in [4.69, 9.17) is 4.52 Å². The highest BCUT2D eigenvalue weighted by Gasteiger charge is 2.30. The van der Waals surface area contributed by atoms with Crippen LogP contribution in [-0.2, 0) is 20.0 Å². The fourth-order valence-corrected chi connectivity index (χ4v) is 3.04. The van der Waals surface area contributed by atoms with Crippen molar-refractivity contribution < 1.29 is 4.52 Å². The predicted molar refractivity (Wildman–Crippen MR) is 82.3 cm³/mol. The Morgan fingerprint density at radius 2 is 2.14 bits per heavy atom. The first kappa shape index (κ1) is 15.2. The monoisotopic (exact) mass is 304 g/mol. The molecule has 1 fully saturated rings. The highest BCUT2D eigenvalue weighted by molar-refractivity contribution is 5.17. The molecule has 3 rings (SSSR count). The minimum atomic E-state index is 0.164. The molecule has 3 heterocycles. The number of nitrogens with zero attached hydrogens (tertiary/aromatic N) is 6. The van der Waals surface area contributed by atoms with Crippen molar-refractivity contribution in [2.75, 3.05) is 26.7 Å². The number of aryl methyl sites for hydroxylation is 3. The summed E-state index contributed by atoms with van der Waals surface area (Å²) in [5, 5.41) is 8.45. The number of piperazine rings is 1. The number of aromatic nitrogens is 4. The summed E-state index contributed by atoms with van der Waals surface area (Å²) in [5.41, 5.74) is 2.50. The molecule has 0 unspecified atom stereocenters. The molecule has 1 atom stereocenters. The zero-order valence-corrected chi connectivity index (χ0v) is 13.8. The minimum absolute atomic E-state index is 0.164. The molecular weight excluding hydrogens is 280 g/mol. The lowest BCUT2D eigenvalue weighted by Gasteiger charge is -2.37. The molecule has 1 saturated heterocycles. The molecule has 0 aromatic carbocycles. The topological polar surface area (TPSA) is 63.2 Å². The normalized spacial score (nSPS) is 20.6. The van der Waals surface area contributed by atoms with Gasteiger partial charge in [0.1, 0.15) is 6.04 Å². The molecule has 0 amide bonds. The van der Waals surface area contributed by atoms with Gasteiger partial charge in [-0.05, 0) is 20.4 Å². The number of rotatable bonds is 4. The summed E-state index contributed by atoms with van der Waals surface area (Å²) in [6.45, 7) is 7.87.